The van der Waals surface area contributed by atoms with Crippen LogP contribution in [0.4, 0.5) is 5.69 Å². The second-order valence-corrected chi connectivity index (χ2v) is 5.89. The highest BCUT2D eigenvalue weighted by molar-refractivity contribution is 5.59. The highest BCUT2D eigenvalue weighted by Gasteiger charge is 2.12. The van der Waals surface area contributed by atoms with E-state index in [2.05, 4.69) is 49.6 Å². The molecule has 0 saturated heterocycles. The molecule has 2 rings (SSSR count). The van der Waals surface area contributed by atoms with Crippen molar-refractivity contribution in [1.82, 2.24) is 5.32 Å². The lowest BCUT2D eigenvalue weighted by atomic mass is 9.99. The van der Waals surface area contributed by atoms with Gasteiger partial charge in [-0.2, -0.15) is 0 Å². The quantitative estimate of drug-likeness (QED) is 0.830. The molecule has 0 spiro atoms. The molecule has 2 N–H and O–H groups in total. The third-order valence-corrected chi connectivity index (χ3v) is 3.63. The smallest absolute Gasteiger partial charge is 0.0418 e. The molecular weight excluding hydrogens is 220 g/mol. The SMILES string of the molecule is CC(C)CC(C)NCc1cccc2c1NCCC2. The van der Waals surface area contributed by atoms with Crippen molar-refractivity contribution in [2.75, 3.05) is 11.9 Å². The lowest BCUT2D eigenvalue weighted by Crippen LogP contribution is -2.27. The molecule has 1 atom stereocenters. The van der Waals surface area contributed by atoms with E-state index in [0.717, 1.165) is 19.0 Å². The normalized spacial score (nSPS) is 16.2. The van der Waals surface area contributed by atoms with Crippen LogP contribution in [0.3, 0.4) is 0 Å². The Kier molecular flexibility index (Phi) is 4.65. The van der Waals surface area contributed by atoms with Gasteiger partial charge in [0.05, 0.1) is 0 Å². The minimum atomic E-state index is 0.587. The van der Waals surface area contributed by atoms with Crippen LogP contribution in [0, 0.1) is 5.92 Å². The first kappa shape index (κ1) is 13.4. The molecule has 1 unspecified atom stereocenters. The number of aryl methyl sites for hydroxylation is 1. The van der Waals surface area contributed by atoms with Crippen molar-refractivity contribution in [3.8, 4) is 0 Å². The zero-order valence-electron chi connectivity index (χ0n) is 11.9. The highest BCUT2D eigenvalue weighted by atomic mass is 14.9. The van der Waals surface area contributed by atoms with E-state index in [1.54, 1.807) is 0 Å². The molecule has 0 radical (unpaired) electrons. The van der Waals surface area contributed by atoms with Gasteiger partial charge in [0, 0.05) is 24.8 Å². The van der Waals surface area contributed by atoms with Crippen molar-refractivity contribution < 1.29 is 0 Å². The van der Waals surface area contributed by atoms with Gasteiger partial charge in [-0.3, -0.25) is 0 Å². The number of fused-ring (bicyclic) bond motifs is 1. The minimum absolute atomic E-state index is 0.587. The van der Waals surface area contributed by atoms with Crippen LogP contribution in [0.2, 0.25) is 0 Å². The van der Waals surface area contributed by atoms with Crippen molar-refractivity contribution in [3.05, 3.63) is 29.3 Å². The maximum Gasteiger partial charge on any atom is 0.0418 e. The van der Waals surface area contributed by atoms with Crippen molar-refractivity contribution in [2.45, 2.75) is 52.6 Å². The molecule has 0 aliphatic carbocycles. The third-order valence-electron chi connectivity index (χ3n) is 3.63. The second kappa shape index (κ2) is 6.24. The van der Waals surface area contributed by atoms with Crippen molar-refractivity contribution in [3.63, 3.8) is 0 Å². The molecule has 0 fully saturated rings. The largest absolute Gasteiger partial charge is 0.385 e. The van der Waals surface area contributed by atoms with Crippen LogP contribution >= 0.6 is 0 Å². The van der Waals surface area contributed by atoms with Crippen molar-refractivity contribution in [1.29, 1.82) is 0 Å². The van der Waals surface area contributed by atoms with Crippen LogP contribution in [-0.4, -0.2) is 12.6 Å². The summed E-state index contributed by atoms with van der Waals surface area (Å²) in [5, 5.41) is 7.20. The van der Waals surface area contributed by atoms with Gasteiger partial charge in [-0.05, 0) is 43.2 Å². The van der Waals surface area contributed by atoms with E-state index in [9.17, 15) is 0 Å². The Hall–Kier alpha value is -1.02. The lowest BCUT2D eigenvalue weighted by molar-refractivity contribution is 0.441. The molecule has 0 amide bonds. The first-order chi connectivity index (χ1) is 8.66. The van der Waals surface area contributed by atoms with Crippen LogP contribution in [0.15, 0.2) is 18.2 Å². The Labute approximate surface area is 111 Å². The standard InChI is InChI=1S/C16H26N2/c1-12(2)10-13(3)18-11-15-7-4-6-14-8-5-9-17-16(14)15/h4,6-7,12-13,17-18H,5,8-11H2,1-3H3. The van der Waals surface area contributed by atoms with E-state index < -0.39 is 0 Å². The second-order valence-electron chi connectivity index (χ2n) is 5.89. The topological polar surface area (TPSA) is 24.1 Å². The highest BCUT2D eigenvalue weighted by Crippen LogP contribution is 2.26. The molecule has 1 aliphatic rings. The molecule has 1 aliphatic heterocycles. The number of hydrogen-bond acceptors (Lipinski definition) is 2. The first-order valence-electron chi connectivity index (χ1n) is 7.25. The summed E-state index contributed by atoms with van der Waals surface area (Å²) in [5.74, 6) is 0.760. The maximum absolute atomic E-state index is 3.64. The predicted molar refractivity (Wildman–Crippen MR) is 79.0 cm³/mol. The average molecular weight is 246 g/mol. The van der Waals surface area contributed by atoms with E-state index in [1.165, 1.54) is 36.1 Å². The Morgan fingerprint density at radius 2 is 2.11 bits per heavy atom. The lowest BCUT2D eigenvalue weighted by Gasteiger charge is -2.23. The number of benzene rings is 1. The van der Waals surface area contributed by atoms with Gasteiger partial charge >= 0.3 is 0 Å². The van der Waals surface area contributed by atoms with Gasteiger partial charge in [-0.15, -0.1) is 0 Å². The van der Waals surface area contributed by atoms with E-state index in [-0.39, 0.29) is 0 Å². The van der Waals surface area contributed by atoms with Gasteiger partial charge < -0.3 is 10.6 Å². The fourth-order valence-electron chi connectivity index (χ4n) is 2.80. The minimum Gasteiger partial charge on any atom is -0.385 e. The van der Waals surface area contributed by atoms with Crippen LogP contribution in [0.25, 0.3) is 0 Å². The summed E-state index contributed by atoms with van der Waals surface area (Å²) < 4.78 is 0. The van der Waals surface area contributed by atoms with E-state index in [0.29, 0.717) is 6.04 Å². The number of hydrogen-bond donors (Lipinski definition) is 2. The number of rotatable bonds is 5. The first-order valence-corrected chi connectivity index (χ1v) is 7.25. The Morgan fingerprint density at radius 3 is 2.89 bits per heavy atom. The molecule has 18 heavy (non-hydrogen) atoms. The zero-order chi connectivity index (χ0) is 13.0. The number of para-hydroxylation sites is 1. The summed E-state index contributed by atoms with van der Waals surface area (Å²) in [4.78, 5) is 0. The summed E-state index contributed by atoms with van der Waals surface area (Å²) in [6.45, 7) is 8.94. The monoisotopic (exact) mass is 246 g/mol. The van der Waals surface area contributed by atoms with Gasteiger partial charge in [0.15, 0.2) is 0 Å². The number of nitrogens with one attached hydrogen (secondary N) is 2. The Bertz CT molecular complexity index is 385. The van der Waals surface area contributed by atoms with Gasteiger partial charge in [-0.1, -0.05) is 32.0 Å². The molecule has 100 valence electrons. The molecule has 2 nitrogen and oxygen atoms in total. The average Bonchev–Trinajstić information content (AvgIpc) is 2.35. The van der Waals surface area contributed by atoms with E-state index in [1.807, 2.05) is 0 Å². The van der Waals surface area contributed by atoms with Crippen molar-refractivity contribution >= 4 is 5.69 Å². The fourth-order valence-corrected chi connectivity index (χ4v) is 2.80. The van der Waals surface area contributed by atoms with Crippen LogP contribution in [0.1, 0.15) is 44.7 Å². The molecule has 1 heterocycles. The Balaban J connectivity index is 1.97. The predicted octanol–water partition coefficient (Wildman–Crippen LogP) is 3.57. The van der Waals surface area contributed by atoms with Crippen molar-refractivity contribution in [2.24, 2.45) is 5.92 Å². The summed E-state index contributed by atoms with van der Waals surface area (Å²) in [5.41, 5.74) is 4.29. The Morgan fingerprint density at radius 1 is 1.28 bits per heavy atom. The van der Waals surface area contributed by atoms with E-state index >= 15 is 0 Å². The molecule has 0 bridgehead atoms. The third kappa shape index (κ3) is 3.49. The van der Waals surface area contributed by atoms with Gasteiger partial charge in [-0.25, -0.2) is 0 Å². The van der Waals surface area contributed by atoms with Gasteiger partial charge in [0.25, 0.3) is 0 Å². The van der Waals surface area contributed by atoms with E-state index in [4.69, 9.17) is 0 Å². The zero-order valence-corrected chi connectivity index (χ0v) is 11.9. The summed E-state index contributed by atoms with van der Waals surface area (Å²) in [6, 6.07) is 7.27. The van der Waals surface area contributed by atoms with Crippen LogP contribution in [0.5, 0.6) is 0 Å². The molecule has 1 aromatic carbocycles. The molecule has 1 aromatic rings. The maximum atomic E-state index is 3.64. The molecular formula is C16H26N2. The van der Waals surface area contributed by atoms with Gasteiger partial charge in [0.2, 0.25) is 0 Å². The summed E-state index contributed by atoms with van der Waals surface area (Å²) in [6.07, 6.45) is 3.72. The number of anilines is 1. The van der Waals surface area contributed by atoms with Gasteiger partial charge in [0.1, 0.15) is 0 Å². The van der Waals surface area contributed by atoms with Crippen LogP contribution in [-0.2, 0) is 13.0 Å². The molecule has 0 aromatic heterocycles. The fraction of sp³-hybridized carbons (Fsp3) is 0.625. The molecule has 0 saturated carbocycles. The summed E-state index contributed by atoms with van der Waals surface area (Å²) in [7, 11) is 0. The molecule has 2 heteroatoms. The summed E-state index contributed by atoms with van der Waals surface area (Å²) >= 11 is 0. The van der Waals surface area contributed by atoms with Crippen LogP contribution < -0.4 is 10.6 Å².